The molecule has 1 atom stereocenters. The van der Waals surface area contributed by atoms with Crippen LogP contribution in [0.1, 0.15) is 45.7 Å². The van der Waals surface area contributed by atoms with Crippen LogP contribution in [0.25, 0.3) is 0 Å². The zero-order valence-electron chi connectivity index (χ0n) is 11.3. The van der Waals surface area contributed by atoms with Gasteiger partial charge in [-0.25, -0.2) is 4.98 Å². The van der Waals surface area contributed by atoms with Crippen molar-refractivity contribution in [2.75, 3.05) is 0 Å². The lowest BCUT2D eigenvalue weighted by atomic mass is 10.2. The van der Waals surface area contributed by atoms with E-state index in [1.165, 1.54) is 0 Å². The normalized spacial score (nSPS) is 16.1. The summed E-state index contributed by atoms with van der Waals surface area (Å²) in [5.74, 6) is 0.706. The molecular formula is C14H15BrN2O2S. The van der Waals surface area contributed by atoms with Crippen LogP contribution in [0.4, 0.5) is 0 Å². The van der Waals surface area contributed by atoms with Crippen molar-refractivity contribution in [3.8, 4) is 0 Å². The van der Waals surface area contributed by atoms with Gasteiger partial charge in [0.1, 0.15) is 5.01 Å². The number of nitrogens with one attached hydrogen (secondary N) is 1. The Morgan fingerprint density at radius 1 is 1.55 bits per heavy atom. The molecule has 1 aliphatic rings. The largest absolute Gasteiger partial charge is 0.444 e. The summed E-state index contributed by atoms with van der Waals surface area (Å²) < 4.78 is 5.98. The smallest absolute Gasteiger partial charge is 0.287 e. The van der Waals surface area contributed by atoms with E-state index >= 15 is 0 Å². The number of halogens is 1. The summed E-state index contributed by atoms with van der Waals surface area (Å²) in [4.78, 5) is 16.9. The second-order valence-corrected chi connectivity index (χ2v) is 6.85. The Labute approximate surface area is 129 Å². The molecule has 4 nitrogen and oxygen atoms in total. The average Bonchev–Trinajstić information content (AvgIpc) is 3.05. The van der Waals surface area contributed by atoms with E-state index in [9.17, 15) is 4.79 Å². The molecule has 0 saturated heterocycles. The molecule has 0 bridgehead atoms. The summed E-state index contributed by atoms with van der Waals surface area (Å²) in [5.41, 5.74) is 1.83. The van der Waals surface area contributed by atoms with E-state index in [1.807, 2.05) is 19.2 Å². The Balaban J connectivity index is 1.80. The molecule has 106 valence electrons. The molecule has 1 fully saturated rings. The van der Waals surface area contributed by atoms with Gasteiger partial charge in [-0.15, -0.1) is 11.3 Å². The molecule has 1 N–H and O–H groups in total. The SMILES string of the molecule is Cc1csc(C(NC(=O)c2oc(Br)cc2C)C2CC2)n1. The number of carbonyl (C=O) groups excluding carboxylic acids is 1. The van der Waals surface area contributed by atoms with Crippen LogP contribution < -0.4 is 5.32 Å². The highest BCUT2D eigenvalue weighted by molar-refractivity contribution is 9.10. The second-order valence-electron chi connectivity index (χ2n) is 5.18. The van der Waals surface area contributed by atoms with Crippen molar-refractivity contribution in [2.24, 2.45) is 5.92 Å². The average molecular weight is 355 g/mol. The van der Waals surface area contributed by atoms with Gasteiger partial charge >= 0.3 is 0 Å². The molecule has 2 heterocycles. The highest BCUT2D eigenvalue weighted by Crippen LogP contribution is 2.42. The Morgan fingerprint density at radius 2 is 2.30 bits per heavy atom. The van der Waals surface area contributed by atoms with E-state index in [-0.39, 0.29) is 11.9 Å². The van der Waals surface area contributed by atoms with Gasteiger partial charge in [0.25, 0.3) is 5.91 Å². The first-order valence-electron chi connectivity index (χ1n) is 6.53. The molecular weight excluding hydrogens is 340 g/mol. The van der Waals surface area contributed by atoms with E-state index in [1.54, 1.807) is 17.4 Å². The van der Waals surface area contributed by atoms with Crippen LogP contribution in [0.2, 0.25) is 0 Å². The van der Waals surface area contributed by atoms with Crippen LogP contribution in [-0.2, 0) is 0 Å². The summed E-state index contributed by atoms with van der Waals surface area (Å²) in [6.07, 6.45) is 2.29. The van der Waals surface area contributed by atoms with Crippen molar-refractivity contribution in [1.29, 1.82) is 0 Å². The Kier molecular flexibility index (Phi) is 3.69. The topological polar surface area (TPSA) is 55.1 Å². The minimum atomic E-state index is -0.169. The fraction of sp³-hybridized carbons (Fsp3) is 0.429. The van der Waals surface area contributed by atoms with Crippen LogP contribution in [0.15, 0.2) is 20.5 Å². The Morgan fingerprint density at radius 3 is 2.80 bits per heavy atom. The minimum Gasteiger partial charge on any atom is -0.444 e. The third-order valence-electron chi connectivity index (χ3n) is 3.38. The fourth-order valence-electron chi connectivity index (χ4n) is 2.20. The van der Waals surface area contributed by atoms with Gasteiger partial charge in [-0.3, -0.25) is 4.79 Å². The van der Waals surface area contributed by atoms with Gasteiger partial charge in [0.15, 0.2) is 10.4 Å². The van der Waals surface area contributed by atoms with Crippen LogP contribution in [0.5, 0.6) is 0 Å². The highest BCUT2D eigenvalue weighted by Gasteiger charge is 2.36. The molecule has 1 unspecified atom stereocenters. The maximum Gasteiger partial charge on any atom is 0.287 e. The lowest BCUT2D eigenvalue weighted by molar-refractivity contribution is 0.0901. The molecule has 1 amide bonds. The first-order chi connectivity index (χ1) is 9.54. The lowest BCUT2D eigenvalue weighted by Crippen LogP contribution is -2.30. The standard InChI is InChI=1S/C14H15BrN2O2S/c1-7-5-10(15)19-12(7)13(18)17-11(9-3-4-9)14-16-8(2)6-20-14/h5-6,9,11H,3-4H2,1-2H3,(H,17,18). The number of amides is 1. The summed E-state index contributed by atoms with van der Waals surface area (Å²) in [7, 11) is 0. The third-order valence-corrected chi connectivity index (χ3v) is 4.81. The van der Waals surface area contributed by atoms with Crippen molar-refractivity contribution >= 4 is 33.2 Å². The van der Waals surface area contributed by atoms with Crippen LogP contribution in [0, 0.1) is 19.8 Å². The second kappa shape index (κ2) is 5.33. The molecule has 0 aromatic carbocycles. The number of thiazole rings is 1. The minimum absolute atomic E-state index is 0.00414. The predicted octanol–water partition coefficient (Wildman–Crippen LogP) is 4.00. The zero-order chi connectivity index (χ0) is 14.3. The molecule has 3 rings (SSSR count). The van der Waals surface area contributed by atoms with E-state index in [0.717, 1.165) is 29.1 Å². The van der Waals surface area contributed by atoms with Crippen molar-refractivity contribution in [1.82, 2.24) is 10.3 Å². The van der Waals surface area contributed by atoms with Gasteiger partial charge in [0, 0.05) is 16.6 Å². The number of aromatic nitrogens is 1. The number of aryl methyl sites for hydroxylation is 2. The summed E-state index contributed by atoms with van der Waals surface area (Å²) in [5, 5.41) is 6.08. The molecule has 0 radical (unpaired) electrons. The first-order valence-corrected chi connectivity index (χ1v) is 8.20. The highest BCUT2D eigenvalue weighted by atomic mass is 79.9. The molecule has 0 spiro atoms. The number of rotatable bonds is 4. The number of nitrogens with zero attached hydrogens (tertiary/aromatic N) is 1. The molecule has 6 heteroatoms. The van der Waals surface area contributed by atoms with E-state index in [0.29, 0.717) is 16.3 Å². The molecule has 20 heavy (non-hydrogen) atoms. The molecule has 0 aliphatic heterocycles. The van der Waals surface area contributed by atoms with Crippen molar-refractivity contribution in [3.05, 3.63) is 38.1 Å². The summed E-state index contributed by atoms with van der Waals surface area (Å²) in [6.45, 7) is 3.84. The van der Waals surface area contributed by atoms with Crippen LogP contribution in [-0.4, -0.2) is 10.9 Å². The summed E-state index contributed by atoms with van der Waals surface area (Å²) >= 11 is 4.86. The van der Waals surface area contributed by atoms with Gasteiger partial charge in [0.2, 0.25) is 0 Å². The van der Waals surface area contributed by atoms with Gasteiger partial charge in [-0.05, 0) is 54.6 Å². The maximum atomic E-state index is 12.4. The van der Waals surface area contributed by atoms with Gasteiger partial charge in [0.05, 0.1) is 6.04 Å². The molecule has 1 aliphatic carbocycles. The third kappa shape index (κ3) is 2.81. The molecule has 2 aromatic heterocycles. The van der Waals surface area contributed by atoms with Gasteiger partial charge < -0.3 is 9.73 Å². The van der Waals surface area contributed by atoms with E-state index in [4.69, 9.17) is 4.42 Å². The Hall–Kier alpha value is -1.14. The maximum absolute atomic E-state index is 12.4. The Bertz CT molecular complexity index is 645. The molecule has 2 aromatic rings. The van der Waals surface area contributed by atoms with Crippen molar-refractivity contribution < 1.29 is 9.21 Å². The number of hydrogen-bond acceptors (Lipinski definition) is 4. The predicted molar refractivity (Wildman–Crippen MR) is 80.9 cm³/mol. The monoisotopic (exact) mass is 354 g/mol. The van der Waals surface area contributed by atoms with Crippen molar-refractivity contribution in [3.63, 3.8) is 0 Å². The number of hydrogen-bond donors (Lipinski definition) is 1. The first kappa shape index (κ1) is 13.8. The molecule has 1 saturated carbocycles. The quantitative estimate of drug-likeness (QED) is 0.902. The fourth-order valence-corrected chi connectivity index (χ4v) is 3.65. The lowest BCUT2D eigenvalue weighted by Gasteiger charge is -2.15. The number of carbonyl (C=O) groups is 1. The van der Waals surface area contributed by atoms with Gasteiger partial charge in [-0.2, -0.15) is 0 Å². The summed E-state index contributed by atoms with van der Waals surface area (Å²) in [6, 6.07) is 1.80. The van der Waals surface area contributed by atoms with Crippen LogP contribution >= 0.6 is 27.3 Å². The van der Waals surface area contributed by atoms with E-state index < -0.39 is 0 Å². The zero-order valence-corrected chi connectivity index (χ0v) is 13.7. The van der Waals surface area contributed by atoms with E-state index in [2.05, 4.69) is 26.2 Å². The van der Waals surface area contributed by atoms with Gasteiger partial charge in [-0.1, -0.05) is 0 Å². The van der Waals surface area contributed by atoms with Crippen molar-refractivity contribution in [2.45, 2.75) is 32.7 Å². The van der Waals surface area contributed by atoms with Crippen LogP contribution in [0.3, 0.4) is 0 Å². The number of furan rings is 1.